The van der Waals surface area contributed by atoms with Gasteiger partial charge in [0.05, 0.1) is 18.9 Å². The van der Waals surface area contributed by atoms with Crippen molar-refractivity contribution in [1.82, 2.24) is 5.43 Å². The van der Waals surface area contributed by atoms with Gasteiger partial charge in [0, 0.05) is 5.02 Å². The minimum Gasteiger partial charge on any atom is -0.496 e. The predicted molar refractivity (Wildman–Crippen MR) is 85.6 cm³/mol. The van der Waals surface area contributed by atoms with E-state index in [9.17, 15) is 4.79 Å². The summed E-state index contributed by atoms with van der Waals surface area (Å²) in [5.74, 6) is 1.35. The molecule has 7 heteroatoms. The molecule has 0 atom stereocenters. The fourth-order valence-corrected chi connectivity index (χ4v) is 2.25. The van der Waals surface area contributed by atoms with Crippen molar-refractivity contribution >= 4 is 23.7 Å². The second kappa shape index (κ2) is 6.58. The highest BCUT2D eigenvalue weighted by Crippen LogP contribution is 2.32. The molecular weight excluding hydrogens is 320 g/mol. The fourth-order valence-electron chi connectivity index (χ4n) is 2.08. The lowest BCUT2D eigenvalue weighted by atomic mass is 10.2. The van der Waals surface area contributed by atoms with Gasteiger partial charge in [0.25, 0.3) is 5.91 Å². The number of methoxy groups -OCH3 is 1. The van der Waals surface area contributed by atoms with Gasteiger partial charge in [-0.3, -0.25) is 4.79 Å². The molecule has 0 fully saturated rings. The van der Waals surface area contributed by atoms with E-state index in [1.165, 1.54) is 19.4 Å². The Kier molecular flexibility index (Phi) is 4.34. The van der Waals surface area contributed by atoms with Gasteiger partial charge in [-0.15, -0.1) is 0 Å². The number of carbonyl (C=O) groups excluding carboxylic acids is 1. The molecule has 1 heterocycles. The summed E-state index contributed by atoms with van der Waals surface area (Å²) in [5, 5.41) is 4.37. The number of nitrogens with zero attached hydrogens (tertiary/aromatic N) is 1. The molecule has 0 aromatic heterocycles. The number of hydrogen-bond donors (Lipinski definition) is 1. The predicted octanol–water partition coefficient (Wildman–Crippen LogP) is 2.84. The van der Waals surface area contributed by atoms with Crippen molar-refractivity contribution in [3.8, 4) is 17.2 Å². The molecule has 6 nitrogen and oxygen atoms in total. The Labute approximate surface area is 137 Å². The molecule has 0 spiro atoms. The highest BCUT2D eigenvalue weighted by atomic mass is 35.5. The number of halogens is 1. The number of fused-ring (bicyclic) bond motifs is 1. The van der Waals surface area contributed by atoms with Crippen molar-refractivity contribution in [3.05, 3.63) is 52.5 Å². The Morgan fingerprint density at radius 2 is 2.09 bits per heavy atom. The molecule has 0 saturated carbocycles. The Bertz CT molecular complexity index is 777. The van der Waals surface area contributed by atoms with E-state index in [4.69, 9.17) is 25.8 Å². The summed E-state index contributed by atoms with van der Waals surface area (Å²) in [7, 11) is 1.48. The minimum atomic E-state index is -0.415. The van der Waals surface area contributed by atoms with Crippen LogP contribution in [0.1, 0.15) is 15.9 Å². The maximum atomic E-state index is 12.1. The maximum absolute atomic E-state index is 12.1. The summed E-state index contributed by atoms with van der Waals surface area (Å²) in [4.78, 5) is 12.1. The van der Waals surface area contributed by atoms with Gasteiger partial charge in [-0.2, -0.15) is 5.10 Å². The van der Waals surface area contributed by atoms with Gasteiger partial charge in [-0.25, -0.2) is 5.43 Å². The zero-order chi connectivity index (χ0) is 16.2. The molecule has 0 saturated heterocycles. The normalized spacial score (nSPS) is 12.4. The lowest BCUT2D eigenvalue weighted by Gasteiger charge is -2.07. The number of carbonyl (C=O) groups is 1. The average Bonchev–Trinajstić information content (AvgIpc) is 3.02. The molecule has 1 aliphatic rings. The highest BCUT2D eigenvalue weighted by molar-refractivity contribution is 6.31. The molecule has 0 radical (unpaired) electrons. The van der Waals surface area contributed by atoms with Crippen LogP contribution in [0, 0.1) is 0 Å². The summed E-state index contributed by atoms with van der Waals surface area (Å²) < 4.78 is 15.6. The van der Waals surface area contributed by atoms with E-state index >= 15 is 0 Å². The first kappa shape index (κ1) is 15.2. The Morgan fingerprint density at radius 1 is 1.26 bits per heavy atom. The first-order valence-electron chi connectivity index (χ1n) is 6.74. The smallest absolute Gasteiger partial charge is 0.275 e. The first-order chi connectivity index (χ1) is 11.2. The minimum absolute atomic E-state index is 0.210. The average molecular weight is 333 g/mol. The van der Waals surface area contributed by atoms with Crippen LogP contribution in [0.5, 0.6) is 17.2 Å². The Hall–Kier alpha value is -2.73. The van der Waals surface area contributed by atoms with Crippen molar-refractivity contribution in [3.63, 3.8) is 0 Å². The number of amides is 1. The second-order valence-corrected chi connectivity index (χ2v) is 5.09. The topological polar surface area (TPSA) is 69.2 Å². The summed E-state index contributed by atoms with van der Waals surface area (Å²) in [6.45, 7) is 0.210. The van der Waals surface area contributed by atoms with Crippen molar-refractivity contribution in [2.75, 3.05) is 13.9 Å². The molecule has 2 aromatic carbocycles. The number of benzene rings is 2. The van der Waals surface area contributed by atoms with Crippen LogP contribution in [0.4, 0.5) is 0 Å². The Balaban J connectivity index is 1.70. The van der Waals surface area contributed by atoms with Gasteiger partial charge in [0.2, 0.25) is 6.79 Å². The summed E-state index contributed by atoms with van der Waals surface area (Å²) >= 11 is 5.90. The molecule has 3 rings (SSSR count). The molecule has 0 unspecified atom stereocenters. The SMILES string of the molecule is COc1ccc(Cl)cc1C(=O)NN=Cc1ccc2c(c1)OCO2. The standard InChI is InChI=1S/C16H13ClN2O4/c1-21-13-5-3-11(17)7-12(13)16(20)19-18-8-10-2-4-14-15(6-10)23-9-22-14/h2-8H,9H2,1H3,(H,19,20). The maximum Gasteiger partial charge on any atom is 0.275 e. The molecule has 1 amide bonds. The summed E-state index contributed by atoms with van der Waals surface area (Å²) in [6.07, 6.45) is 1.51. The van der Waals surface area contributed by atoms with Gasteiger partial charge in [0.15, 0.2) is 11.5 Å². The third-order valence-electron chi connectivity index (χ3n) is 3.18. The number of ether oxygens (including phenoxy) is 3. The molecule has 1 aliphatic heterocycles. The van der Waals surface area contributed by atoms with Gasteiger partial charge in [0.1, 0.15) is 5.75 Å². The lowest BCUT2D eigenvalue weighted by molar-refractivity contribution is 0.0952. The molecule has 2 aromatic rings. The van der Waals surface area contributed by atoms with Gasteiger partial charge >= 0.3 is 0 Å². The van der Waals surface area contributed by atoms with E-state index < -0.39 is 5.91 Å². The van der Waals surface area contributed by atoms with Crippen molar-refractivity contribution in [2.24, 2.45) is 5.10 Å². The van der Waals surface area contributed by atoms with Crippen LogP contribution in [-0.4, -0.2) is 26.0 Å². The van der Waals surface area contributed by atoms with Gasteiger partial charge in [-0.05, 0) is 42.0 Å². The molecule has 0 aliphatic carbocycles. The van der Waals surface area contributed by atoms with E-state index in [0.717, 1.165) is 5.56 Å². The third kappa shape index (κ3) is 3.37. The molecule has 118 valence electrons. The summed E-state index contributed by atoms with van der Waals surface area (Å²) in [5.41, 5.74) is 3.52. The van der Waals surface area contributed by atoms with Crippen LogP contribution < -0.4 is 19.6 Å². The van der Waals surface area contributed by atoms with Crippen LogP contribution in [0.3, 0.4) is 0 Å². The van der Waals surface area contributed by atoms with Gasteiger partial charge < -0.3 is 14.2 Å². The van der Waals surface area contributed by atoms with E-state index in [-0.39, 0.29) is 6.79 Å². The van der Waals surface area contributed by atoms with Crippen LogP contribution in [0.15, 0.2) is 41.5 Å². The first-order valence-corrected chi connectivity index (χ1v) is 7.12. The van der Waals surface area contributed by atoms with E-state index in [0.29, 0.717) is 27.8 Å². The van der Waals surface area contributed by atoms with Crippen molar-refractivity contribution < 1.29 is 19.0 Å². The number of rotatable bonds is 4. The quantitative estimate of drug-likeness (QED) is 0.690. The zero-order valence-electron chi connectivity index (χ0n) is 12.2. The zero-order valence-corrected chi connectivity index (χ0v) is 13.0. The molecule has 1 N–H and O–H groups in total. The number of hydrogen-bond acceptors (Lipinski definition) is 5. The van der Waals surface area contributed by atoms with Crippen LogP contribution in [0.2, 0.25) is 5.02 Å². The van der Waals surface area contributed by atoms with Crippen LogP contribution >= 0.6 is 11.6 Å². The third-order valence-corrected chi connectivity index (χ3v) is 3.42. The number of hydrazone groups is 1. The fraction of sp³-hybridized carbons (Fsp3) is 0.125. The van der Waals surface area contributed by atoms with Gasteiger partial charge in [-0.1, -0.05) is 11.6 Å². The molecule has 0 bridgehead atoms. The second-order valence-electron chi connectivity index (χ2n) is 4.66. The van der Waals surface area contributed by atoms with Crippen molar-refractivity contribution in [1.29, 1.82) is 0 Å². The molecule has 23 heavy (non-hydrogen) atoms. The van der Waals surface area contributed by atoms with Crippen LogP contribution in [0.25, 0.3) is 0 Å². The van der Waals surface area contributed by atoms with Crippen LogP contribution in [-0.2, 0) is 0 Å². The monoisotopic (exact) mass is 332 g/mol. The number of nitrogens with one attached hydrogen (secondary N) is 1. The summed E-state index contributed by atoms with van der Waals surface area (Å²) in [6, 6.07) is 10.2. The largest absolute Gasteiger partial charge is 0.496 e. The van der Waals surface area contributed by atoms with E-state index in [1.807, 2.05) is 6.07 Å². The van der Waals surface area contributed by atoms with E-state index in [1.54, 1.807) is 24.3 Å². The van der Waals surface area contributed by atoms with Crippen molar-refractivity contribution in [2.45, 2.75) is 0 Å². The van der Waals surface area contributed by atoms with E-state index in [2.05, 4.69) is 10.5 Å². The molecular formula is C16H13ClN2O4. The lowest BCUT2D eigenvalue weighted by Crippen LogP contribution is -2.18. The Morgan fingerprint density at radius 3 is 2.91 bits per heavy atom. The highest BCUT2D eigenvalue weighted by Gasteiger charge is 2.13.